The monoisotopic (exact) mass is 364 g/mol. The quantitative estimate of drug-likeness (QED) is 0.657. The van der Waals surface area contributed by atoms with Gasteiger partial charge in [-0.3, -0.25) is 18.5 Å². The van der Waals surface area contributed by atoms with Crippen LogP contribution in [0.25, 0.3) is 11.2 Å². The number of fused-ring (bicyclic) bond motifs is 3. The first-order valence-electron chi connectivity index (χ1n) is 8.67. The fraction of sp³-hybridized carbons (Fsp3) is 0.263. The smallest absolute Gasteiger partial charge is 0.297 e. The molecule has 1 aromatic carbocycles. The zero-order valence-corrected chi connectivity index (χ0v) is 15.3. The lowest BCUT2D eigenvalue weighted by atomic mass is 10.2. The van der Waals surface area contributed by atoms with Gasteiger partial charge in [-0.15, -0.1) is 6.58 Å². The fourth-order valence-corrected chi connectivity index (χ4v) is 3.37. The van der Waals surface area contributed by atoms with Crippen LogP contribution < -0.4 is 16.3 Å². The Morgan fingerprint density at radius 2 is 1.96 bits per heavy atom. The van der Waals surface area contributed by atoms with E-state index in [2.05, 4.69) is 16.7 Å². The van der Waals surface area contributed by atoms with Crippen molar-refractivity contribution in [1.29, 1.82) is 0 Å². The van der Waals surface area contributed by atoms with Gasteiger partial charge in [-0.2, -0.15) is 10.1 Å². The van der Waals surface area contributed by atoms with Crippen molar-refractivity contribution < 1.29 is 0 Å². The first-order chi connectivity index (χ1) is 13.0. The maximum Gasteiger partial charge on any atom is 0.332 e. The lowest BCUT2D eigenvalue weighted by Crippen LogP contribution is -2.39. The number of hydrazone groups is 1. The second-order valence-corrected chi connectivity index (χ2v) is 6.59. The number of anilines is 1. The van der Waals surface area contributed by atoms with E-state index in [9.17, 15) is 9.59 Å². The summed E-state index contributed by atoms with van der Waals surface area (Å²) in [6.07, 6.45) is 1.54. The number of benzene rings is 1. The topological polar surface area (TPSA) is 77.4 Å². The molecule has 0 bridgehead atoms. The minimum atomic E-state index is -0.407. The van der Waals surface area contributed by atoms with Gasteiger partial charge in [0.1, 0.15) is 0 Å². The maximum atomic E-state index is 13.0. The predicted molar refractivity (Wildman–Crippen MR) is 105 cm³/mol. The molecule has 0 unspecified atom stereocenters. The van der Waals surface area contributed by atoms with Gasteiger partial charge in [-0.1, -0.05) is 36.4 Å². The highest BCUT2D eigenvalue weighted by molar-refractivity contribution is 5.87. The standard InChI is InChI=1S/C19H20N6O2/c1-4-10-23-17(26)15-16(22(3)19(23)27)20-18-24(15)11-13(2)21-25(18)12-14-8-6-5-7-9-14/h4-9H,1,10-12H2,2-3H3. The van der Waals surface area contributed by atoms with Crippen LogP contribution in [0.1, 0.15) is 12.5 Å². The Labute approximate surface area is 155 Å². The third kappa shape index (κ3) is 2.69. The van der Waals surface area contributed by atoms with Crippen molar-refractivity contribution in [3.05, 3.63) is 69.4 Å². The second kappa shape index (κ2) is 6.39. The van der Waals surface area contributed by atoms with Crippen molar-refractivity contribution in [2.75, 3.05) is 5.01 Å². The molecule has 0 atom stereocenters. The van der Waals surface area contributed by atoms with Crippen molar-refractivity contribution in [2.45, 2.75) is 26.6 Å². The van der Waals surface area contributed by atoms with Crippen molar-refractivity contribution in [1.82, 2.24) is 18.7 Å². The van der Waals surface area contributed by atoms with Crippen molar-refractivity contribution in [3.63, 3.8) is 0 Å². The van der Waals surface area contributed by atoms with Crippen LogP contribution in [-0.2, 0) is 26.7 Å². The van der Waals surface area contributed by atoms with Gasteiger partial charge in [-0.05, 0) is 12.5 Å². The number of hydrogen-bond donors (Lipinski definition) is 0. The number of hydrogen-bond acceptors (Lipinski definition) is 5. The van der Waals surface area contributed by atoms with E-state index in [4.69, 9.17) is 0 Å². The van der Waals surface area contributed by atoms with E-state index in [1.165, 1.54) is 15.2 Å². The number of imidazole rings is 1. The summed E-state index contributed by atoms with van der Waals surface area (Å²) >= 11 is 0. The van der Waals surface area contributed by atoms with Crippen LogP contribution in [0.15, 0.2) is 57.7 Å². The Hall–Kier alpha value is -3.42. The third-order valence-corrected chi connectivity index (χ3v) is 4.61. The summed E-state index contributed by atoms with van der Waals surface area (Å²) in [5.41, 5.74) is 1.94. The van der Waals surface area contributed by atoms with Crippen molar-refractivity contribution in [2.24, 2.45) is 12.1 Å². The van der Waals surface area contributed by atoms with Crippen molar-refractivity contribution >= 4 is 22.8 Å². The van der Waals surface area contributed by atoms with Crippen LogP contribution in [-0.4, -0.2) is 24.4 Å². The summed E-state index contributed by atoms with van der Waals surface area (Å²) in [7, 11) is 1.62. The molecule has 3 aromatic rings. The highest BCUT2D eigenvalue weighted by Crippen LogP contribution is 2.25. The molecule has 0 fully saturated rings. The molecule has 8 nitrogen and oxygen atoms in total. The third-order valence-electron chi connectivity index (χ3n) is 4.61. The second-order valence-electron chi connectivity index (χ2n) is 6.59. The number of allylic oxidation sites excluding steroid dienone is 1. The average molecular weight is 364 g/mol. The van der Waals surface area contributed by atoms with Crippen LogP contribution in [0, 0.1) is 0 Å². The van der Waals surface area contributed by atoms with Crippen LogP contribution in [0.3, 0.4) is 0 Å². The van der Waals surface area contributed by atoms with Crippen LogP contribution in [0.5, 0.6) is 0 Å². The van der Waals surface area contributed by atoms with Gasteiger partial charge in [0.2, 0.25) is 5.95 Å². The van der Waals surface area contributed by atoms with Gasteiger partial charge in [0.15, 0.2) is 11.2 Å². The number of aromatic nitrogens is 4. The summed E-state index contributed by atoms with van der Waals surface area (Å²) in [4.78, 5) is 30.1. The van der Waals surface area contributed by atoms with Crippen LogP contribution >= 0.6 is 0 Å². The summed E-state index contributed by atoms with van der Waals surface area (Å²) in [6, 6.07) is 9.92. The Bertz CT molecular complexity index is 1180. The lowest BCUT2D eigenvalue weighted by molar-refractivity contribution is 0.663. The van der Waals surface area contributed by atoms with Crippen molar-refractivity contribution in [3.8, 4) is 0 Å². The highest BCUT2D eigenvalue weighted by Gasteiger charge is 2.26. The maximum absolute atomic E-state index is 13.0. The molecule has 3 heterocycles. The molecular weight excluding hydrogens is 344 g/mol. The molecule has 8 heteroatoms. The minimum absolute atomic E-state index is 0.156. The van der Waals surface area contributed by atoms with E-state index in [-0.39, 0.29) is 12.1 Å². The molecule has 0 saturated heterocycles. The zero-order chi connectivity index (χ0) is 19.1. The Kier molecular flexibility index (Phi) is 4.02. The highest BCUT2D eigenvalue weighted by atomic mass is 16.2. The average Bonchev–Trinajstić information content (AvgIpc) is 3.04. The summed E-state index contributed by atoms with van der Waals surface area (Å²) in [5.74, 6) is 0.558. The van der Waals surface area contributed by atoms with E-state index in [1.807, 2.05) is 41.8 Å². The molecule has 0 amide bonds. The van der Waals surface area contributed by atoms with E-state index in [0.29, 0.717) is 30.2 Å². The van der Waals surface area contributed by atoms with Gasteiger partial charge in [-0.25, -0.2) is 9.80 Å². The largest absolute Gasteiger partial charge is 0.332 e. The molecule has 1 aliphatic rings. The zero-order valence-electron chi connectivity index (χ0n) is 15.3. The summed E-state index contributed by atoms with van der Waals surface area (Å²) < 4.78 is 4.41. The molecule has 0 N–H and O–H groups in total. The Morgan fingerprint density at radius 3 is 2.67 bits per heavy atom. The molecule has 1 aliphatic heterocycles. The SMILES string of the molecule is C=CCn1c(=O)c2c(nc3n2CC(C)=NN3Cc2ccccc2)n(C)c1=O. The van der Waals surface area contributed by atoms with E-state index < -0.39 is 5.69 Å². The lowest BCUT2D eigenvalue weighted by Gasteiger charge is -2.24. The van der Waals surface area contributed by atoms with E-state index >= 15 is 0 Å². The molecule has 0 saturated carbocycles. The summed E-state index contributed by atoms with van der Waals surface area (Å²) in [6.45, 7) is 6.69. The van der Waals surface area contributed by atoms with Crippen LogP contribution in [0.4, 0.5) is 5.95 Å². The molecule has 138 valence electrons. The molecule has 27 heavy (non-hydrogen) atoms. The number of aryl methyl sites for hydroxylation is 1. The first kappa shape index (κ1) is 17.0. The van der Waals surface area contributed by atoms with E-state index in [1.54, 1.807) is 12.1 Å². The molecule has 2 aromatic heterocycles. The molecule has 0 radical (unpaired) electrons. The van der Waals surface area contributed by atoms with Gasteiger partial charge in [0.05, 0.1) is 18.8 Å². The minimum Gasteiger partial charge on any atom is -0.297 e. The number of rotatable bonds is 4. The molecule has 4 rings (SSSR count). The van der Waals surface area contributed by atoms with E-state index in [0.717, 1.165) is 11.3 Å². The molecular formula is C19H20N6O2. The van der Waals surface area contributed by atoms with Crippen LogP contribution in [0.2, 0.25) is 0 Å². The number of nitrogens with zero attached hydrogens (tertiary/aromatic N) is 6. The van der Waals surface area contributed by atoms with Gasteiger partial charge >= 0.3 is 5.69 Å². The normalized spacial score (nSPS) is 13.6. The summed E-state index contributed by atoms with van der Waals surface area (Å²) in [5, 5.41) is 6.38. The predicted octanol–water partition coefficient (Wildman–Crippen LogP) is 1.48. The van der Waals surface area contributed by atoms with Gasteiger partial charge < -0.3 is 0 Å². The Balaban J connectivity index is 1.94. The fourth-order valence-electron chi connectivity index (χ4n) is 3.37. The molecule has 0 spiro atoms. The van der Waals surface area contributed by atoms with Gasteiger partial charge in [0, 0.05) is 13.6 Å². The Morgan fingerprint density at radius 1 is 1.22 bits per heavy atom. The van der Waals surface area contributed by atoms with Gasteiger partial charge in [0.25, 0.3) is 5.56 Å². The molecule has 0 aliphatic carbocycles. The first-order valence-corrected chi connectivity index (χ1v) is 8.67.